The smallest absolute Gasteiger partial charge is 0.0923 e. The molecule has 1 N–H and O–H groups in total. The minimum absolute atomic E-state index is 0.189. The number of likely N-dealkylation sites (tertiary alicyclic amines) is 1. The second kappa shape index (κ2) is 8.91. The fraction of sp³-hybridized carbons (Fsp3) is 0.375. The fourth-order valence-electron chi connectivity index (χ4n) is 4.32. The normalized spacial score (nSPS) is 16.8. The Hall–Kier alpha value is -1.81. The van der Waals surface area contributed by atoms with Crippen LogP contribution in [0.5, 0.6) is 0 Å². The van der Waals surface area contributed by atoms with Gasteiger partial charge in [-0.25, -0.2) is 0 Å². The number of rotatable bonds is 6. The predicted molar refractivity (Wildman–Crippen MR) is 122 cm³/mol. The largest absolute Gasteiger partial charge is 0.303 e. The van der Waals surface area contributed by atoms with E-state index >= 15 is 0 Å². The average Bonchev–Trinajstić information content (AvgIpc) is 3.25. The van der Waals surface area contributed by atoms with E-state index in [0.717, 1.165) is 66.6 Å². The first kappa shape index (κ1) is 20.5. The van der Waals surface area contributed by atoms with Crippen molar-refractivity contribution in [3.63, 3.8) is 0 Å². The van der Waals surface area contributed by atoms with Crippen LogP contribution in [0.2, 0.25) is 10.0 Å². The van der Waals surface area contributed by atoms with E-state index in [2.05, 4.69) is 40.2 Å². The first-order chi connectivity index (χ1) is 14.1. The van der Waals surface area contributed by atoms with Gasteiger partial charge < -0.3 is 4.90 Å². The van der Waals surface area contributed by atoms with Crippen LogP contribution in [0.15, 0.2) is 54.6 Å². The lowest BCUT2D eigenvalue weighted by atomic mass is 9.73. The Bertz CT molecular complexity index is 924. The van der Waals surface area contributed by atoms with Crippen molar-refractivity contribution in [2.45, 2.75) is 38.0 Å². The Morgan fingerprint density at radius 1 is 0.966 bits per heavy atom. The maximum atomic E-state index is 6.02. The molecule has 1 aliphatic rings. The van der Waals surface area contributed by atoms with E-state index in [1.165, 1.54) is 11.3 Å². The van der Waals surface area contributed by atoms with Gasteiger partial charge >= 0.3 is 0 Å². The summed E-state index contributed by atoms with van der Waals surface area (Å²) in [7, 11) is 0. The quantitative estimate of drug-likeness (QED) is 0.495. The van der Waals surface area contributed by atoms with Gasteiger partial charge in [-0.05, 0) is 74.7 Å². The third-order valence-electron chi connectivity index (χ3n) is 6.41. The highest BCUT2D eigenvalue weighted by Crippen LogP contribution is 2.38. The number of piperidine rings is 1. The molecule has 0 atom stereocenters. The molecule has 0 saturated carbocycles. The second-order valence-electron chi connectivity index (χ2n) is 8.03. The van der Waals surface area contributed by atoms with Crippen molar-refractivity contribution in [3.8, 4) is 11.3 Å². The van der Waals surface area contributed by atoms with Gasteiger partial charge in [-0.3, -0.25) is 5.10 Å². The van der Waals surface area contributed by atoms with Crippen LogP contribution in [0.4, 0.5) is 0 Å². The maximum absolute atomic E-state index is 6.02. The molecule has 4 rings (SSSR count). The first-order valence-corrected chi connectivity index (χ1v) is 11.1. The van der Waals surface area contributed by atoms with Crippen molar-refractivity contribution in [2.24, 2.45) is 0 Å². The number of benzene rings is 2. The van der Waals surface area contributed by atoms with Gasteiger partial charge in [0.15, 0.2) is 0 Å². The van der Waals surface area contributed by atoms with Crippen LogP contribution in [0.1, 0.15) is 37.4 Å². The van der Waals surface area contributed by atoms with Crippen LogP contribution >= 0.6 is 23.2 Å². The lowest BCUT2D eigenvalue weighted by molar-refractivity contribution is 0.153. The van der Waals surface area contributed by atoms with E-state index < -0.39 is 0 Å². The summed E-state index contributed by atoms with van der Waals surface area (Å²) in [6, 6.07) is 18.3. The molecule has 0 unspecified atom stereocenters. The molecule has 1 aromatic heterocycles. The molecule has 0 amide bonds. The summed E-state index contributed by atoms with van der Waals surface area (Å²) < 4.78 is 0. The molecule has 2 aromatic carbocycles. The van der Waals surface area contributed by atoms with Crippen LogP contribution in [-0.2, 0) is 11.8 Å². The zero-order chi connectivity index (χ0) is 20.3. The van der Waals surface area contributed by atoms with Crippen molar-refractivity contribution in [1.82, 2.24) is 15.1 Å². The highest BCUT2D eigenvalue weighted by atomic mass is 35.5. The zero-order valence-electron chi connectivity index (χ0n) is 16.8. The molecule has 152 valence electrons. The predicted octanol–water partition coefficient (Wildman–Crippen LogP) is 6.37. The van der Waals surface area contributed by atoms with Gasteiger partial charge in [0, 0.05) is 33.3 Å². The summed E-state index contributed by atoms with van der Waals surface area (Å²) in [6.07, 6.45) is 4.51. The van der Waals surface area contributed by atoms with E-state index in [9.17, 15) is 0 Å². The van der Waals surface area contributed by atoms with E-state index in [-0.39, 0.29) is 5.41 Å². The van der Waals surface area contributed by atoms with E-state index in [4.69, 9.17) is 23.2 Å². The Morgan fingerprint density at radius 2 is 1.59 bits per heavy atom. The average molecular weight is 428 g/mol. The molecule has 3 nitrogen and oxygen atoms in total. The molecule has 0 spiro atoms. The van der Waals surface area contributed by atoms with E-state index in [1.807, 2.05) is 36.4 Å². The van der Waals surface area contributed by atoms with Gasteiger partial charge in [-0.2, -0.15) is 5.10 Å². The Kier molecular flexibility index (Phi) is 6.29. The number of hydrogen-bond donors (Lipinski definition) is 1. The minimum atomic E-state index is 0.189. The van der Waals surface area contributed by atoms with Crippen LogP contribution in [0.3, 0.4) is 0 Å². The molecule has 3 aromatic rings. The number of aromatic amines is 1. The van der Waals surface area contributed by atoms with Gasteiger partial charge in [0.2, 0.25) is 0 Å². The first-order valence-electron chi connectivity index (χ1n) is 10.4. The highest BCUT2D eigenvalue weighted by Gasteiger charge is 2.36. The molecule has 1 fully saturated rings. The molecule has 0 bridgehead atoms. The van der Waals surface area contributed by atoms with Crippen molar-refractivity contribution >= 4 is 23.2 Å². The number of aromatic nitrogens is 2. The molecular weight excluding hydrogens is 401 g/mol. The molecule has 1 saturated heterocycles. The lowest BCUT2D eigenvalue weighted by Crippen LogP contribution is -2.43. The summed E-state index contributed by atoms with van der Waals surface area (Å²) in [4.78, 5) is 2.58. The standard InChI is InChI=1S/C24H27Cl2N3/c1-2-24(23-17-22(27-28-23)19-5-9-21(26)10-6-19)12-15-29(16-13-24)14-11-18-3-7-20(25)8-4-18/h3-10,17H,2,11-16H2,1H3,(H,27,28). The minimum Gasteiger partial charge on any atom is -0.303 e. The summed E-state index contributed by atoms with van der Waals surface area (Å²) in [5, 5.41) is 9.49. The summed E-state index contributed by atoms with van der Waals surface area (Å²) in [5.41, 5.74) is 4.90. The van der Waals surface area contributed by atoms with Gasteiger partial charge in [-0.15, -0.1) is 0 Å². The third kappa shape index (κ3) is 4.69. The molecule has 0 aliphatic carbocycles. The molecule has 2 heterocycles. The summed E-state index contributed by atoms with van der Waals surface area (Å²) >= 11 is 12.0. The van der Waals surface area contributed by atoms with Crippen molar-refractivity contribution in [3.05, 3.63) is 75.9 Å². The Morgan fingerprint density at radius 3 is 2.21 bits per heavy atom. The number of hydrogen-bond acceptors (Lipinski definition) is 2. The van der Waals surface area contributed by atoms with Gasteiger partial charge in [0.1, 0.15) is 0 Å². The number of halogens is 2. The molecule has 1 aliphatic heterocycles. The van der Waals surface area contributed by atoms with Crippen LogP contribution in [0.25, 0.3) is 11.3 Å². The van der Waals surface area contributed by atoms with Crippen LogP contribution in [0, 0.1) is 0 Å². The summed E-state index contributed by atoms with van der Waals surface area (Å²) in [5.74, 6) is 0. The SMILES string of the molecule is CCC1(c2cc(-c3ccc(Cl)cc3)n[nH]2)CCN(CCc2ccc(Cl)cc2)CC1. The number of H-pyrrole nitrogens is 1. The van der Waals surface area contributed by atoms with Crippen LogP contribution in [-0.4, -0.2) is 34.7 Å². The van der Waals surface area contributed by atoms with Crippen molar-refractivity contribution < 1.29 is 0 Å². The molecular formula is C24H27Cl2N3. The molecule has 0 radical (unpaired) electrons. The maximum Gasteiger partial charge on any atom is 0.0923 e. The Balaban J connectivity index is 1.39. The fourth-order valence-corrected chi connectivity index (χ4v) is 4.57. The van der Waals surface area contributed by atoms with E-state index in [0.29, 0.717) is 0 Å². The second-order valence-corrected chi connectivity index (χ2v) is 8.90. The Labute approximate surface area is 183 Å². The molecule has 29 heavy (non-hydrogen) atoms. The molecule has 5 heteroatoms. The lowest BCUT2D eigenvalue weighted by Gasteiger charge is -2.40. The topological polar surface area (TPSA) is 31.9 Å². The van der Waals surface area contributed by atoms with Crippen molar-refractivity contribution in [1.29, 1.82) is 0 Å². The van der Waals surface area contributed by atoms with Gasteiger partial charge in [-0.1, -0.05) is 54.4 Å². The van der Waals surface area contributed by atoms with Gasteiger partial charge in [0.05, 0.1) is 5.69 Å². The zero-order valence-corrected chi connectivity index (χ0v) is 18.3. The highest BCUT2D eigenvalue weighted by molar-refractivity contribution is 6.30. The summed E-state index contributed by atoms with van der Waals surface area (Å²) in [6.45, 7) is 5.64. The van der Waals surface area contributed by atoms with Crippen molar-refractivity contribution in [2.75, 3.05) is 19.6 Å². The van der Waals surface area contributed by atoms with Gasteiger partial charge in [0.25, 0.3) is 0 Å². The van der Waals surface area contributed by atoms with E-state index in [1.54, 1.807) is 0 Å². The number of nitrogens with zero attached hydrogens (tertiary/aromatic N) is 2. The monoisotopic (exact) mass is 427 g/mol. The number of nitrogens with one attached hydrogen (secondary N) is 1. The third-order valence-corrected chi connectivity index (χ3v) is 6.91. The van der Waals surface area contributed by atoms with Crippen LogP contribution < -0.4 is 0 Å².